The number of benzene rings is 10. The third-order valence-corrected chi connectivity index (χ3v) is 14.5. The van der Waals surface area contributed by atoms with E-state index in [0.29, 0.717) is 40.5 Å². The Balaban J connectivity index is 1.08. The SMILES string of the molecule is N#Cc1ccc(-c2c(-c3cc(-c4ccccc4)nc(-c4ccccc4)n3)ccc(N3c4ccccc4N(c4nc(-c5ccccc5)nc(-c5ccccc5)n4)c4ccccc43)c2-c2nc(-c3ccccc3)cc(-c3ccccc3)n2)cc1. The third kappa shape index (κ3) is 9.26. The van der Waals surface area contributed by atoms with E-state index in [1.54, 1.807) is 0 Å². The predicted molar refractivity (Wildman–Crippen MR) is 328 cm³/mol. The second-order valence-corrected chi connectivity index (χ2v) is 19.6. The van der Waals surface area contributed by atoms with Crippen LogP contribution in [0.25, 0.3) is 102 Å². The average molecular weight is 1050 g/mol. The zero-order valence-corrected chi connectivity index (χ0v) is 44.0. The molecule has 0 radical (unpaired) electrons. The van der Waals surface area contributed by atoms with E-state index in [1.807, 2.05) is 182 Å². The van der Waals surface area contributed by atoms with Crippen molar-refractivity contribution in [3.8, 4) is 108 Å². The van der Waals surface area contributed by atoms with Gasteiger partial charge in [0.15, 0.2) is 23.3 Å². The van der Waals surface area contributed by atoms with E-state index in [1.165, 1.54) is 0 Å². The minimum absolute atomic E-state index is 0.458. The van der Waals surface area contributed by atoms with E-state index in [2.05, 4.69) is 113 Å². The van der Waals surface area contributed by atoms with Gasteiger partial charge in [-0.05, 0) is 60.2 Å². The standard InChI is InChI=1S/C72H46N10/c73-47-48-39-41-52(42-40-48)66-56(60-46-59(51-27-11-3-12-28-51)74-68(77-60)53-29-13-4-14-30-53)43-44-65(67(66)71-75-57(49-23-7-1-8-24-49)45-58(76-71)50-25-9-2-10-26-50)81-61-35-19-21-37-63(61)82(64-38-22-20-36-62(64)81)72-79-69(54-31-15-5-16-32-54)78-70(80-72)55-33-17-6-18-34-55/h1-46H. The van der Waals surface area contributed by atoms with E-state index < -0.39 is 0 Å². The average Bonchev–Trinajstić information content (AvgIpc) is 2.51. The van der Waals surface area contributed by atoms with Crippen LogP contribution in [0.2, 0.25) is 0 Å². The number of nitriles is 1. The first kappa shape index (κ1) is 48.8. The Morgan fingerprint density at radius 2 is 0.610 bits per heavy atom. The molecule has 1 aliphatic heterocycles. The second-order valence-electron chi connectivity index (χ2n) is 19.6. The number of anilines is 6. The fourth-order valence-electron chi connectivity index (χ4n) is 10.7. The van der Waals surface area contributed by atoms with Crippen LogP contribution in [-0.2, 0) is 0 Å². The van der Waals surface area contributed by atoms with Gasteiger partial charge in [0.05, 0.1) is 68.4 Å². The molecule has 0 aliphatic carbocycles. The highest BCUT2D eigenvalue weighted by atomic mass is 15.3. The van der Waals surface area contributed by atoms with E-state index in [0.717, 1.165) is 101 Å². The van der Waals surface area contributed by atoms with Crippen molar-refractivity contribution in [3.05, 3.63) is 285 Å². The Hall–Kier alpha value is -11.5. The summed E-state index contributed by atoms with van der Waals surface area (Å²) in [6.07, 6.45) is 0. The molecule has 10 aromatic carbocycles. The van der Waals surface area contributed by atoms with Crippen LogP contribution in [0.4, 0.5) is 34.4 Å². The number of rotatable bonds is 11. The summed E-state index contributed by atoms with van der Waals surface area (Å²) in [5.41, 5.74) is 16.2. The van der Waals surface area contributed by atoms with Gasteiger partial charge in [-0.15, -0.1) is 0 Å². The molecule has 0 saturated heterocycles. The summed E-state index contributed by atoms with van der Waals surface area (Å²) < 4.78 is 0. The molecule has 384 valence electrons. The Morgan fingerprint density at radius 1 is 0.256 bits per heavy atom. The predicted octanol–water partition coefficient (Wildman–Crippen LogP) is 17.6. The van der Waals surface area contributed by atoms with Crippen LogP contribution >= 0.6 is 0 Å². The van der Waals surface area contributed by atoms with Gasteiger partial charge in [0.2, 0.25) is 5.95 Å². The van der Waals surface area contributed by atoms with Gasteiger partial charge in [0.1, 0.15) is 0 Å². The highest BCUT2D eigenvalue weighted by molar-refractivity contribution is 6.07. The molecule has 0 fully saturated rings. The highest BCUT2D eigenvalue weighted by Crippen LogP contribution is 2.57. The molecule has 3 aromatic heterocycles. The smallest absolute Gasteiger partial charge is 0.238 e. The lowest BCUT2D eigenvalue weighted by Gasteiger charge is -2.40. The largest absolute Gasteiger partial charge is 0.306 e. The molecular weight excluding hydrogens is 1000 g/mol. The van der Waals surface area contributed by atoms with Crippen molar-refractivity contribution in [1.29, 1.82) is 5.26 Å². The maximum absolute atomic E-state index is 10.3. The Kier molecular flexibility index (Phi) is 12.7. The van der Waals surface area contributed by atoms with Gasteiger partial charge < -0.3 is 4.90 Å². The van der Waals surface area contributed by atoms with Crippen LogP contribution < -0.4 is 9.80 Å². The zero-order chi connectivity index (χ0) is 54.8. The van der Waals surface area contributed by atoms with Crippen LogP contribution in [0.1, 0.15) is 5.56 Å². The van der Waals surface area contributed by atoms with Crippen LogP contribution in [0.3, 0.4) is 0 Å². The fourth-order valence-corrected chi connectivity index (χ4v) is 10.7. The molecule has 0 saturated carbocycles. The van der Waals surface area contributed by atoms with Crippen molar-refractivity contribution >= 4 is 34.4 Å². The monoisotopic (exact) mass is 1050 g/mol. The quantitative estimate of drug-likeness (QED) is 0.124. The minimum atomic E-state index is 0.458. The van der Waals surface area contributed by atoms with E-state index in [9.17, 15) is 5.26 Å². The summed E-state index contributed by atoms with van der Waals surface area (Å²) in [6, 6.07) is 96.1. The van der Waals surface area contributed by atoms with Crippen LogP contribution in [-0.4, -0.2) is 34.9 Å². The van der Waals surface area contributed by atoms with Crippen molar-refractivity contribution in [2.45, 2.75) is 0 Å². The summed E-state index contributed by atoms with van der Waals surface area (Å²) in [7, 11) is 0. The van der Waals surface area contributed by atoms with Crippen molar-refractivity contribution in [1.82, 2.24) is 34.9 Å². The summed E-state index contributed by atoms with van der Waals surface area (Å²) in [6.45, 7) is 0. The van der Waals surface area contributed by atoms with Crippen molar-refractivity contribution in [3.63, 3.8) is 0 Å². The van der Waals surface area contributed by atoms with Crippen molar-refractivity contribution < 1.29 is 0 Å². The first-order chi connectivity index (χ1) is 40.6. The van der Waals surface area contributed by atoms with Gasteiger partial charge in [0, 0.05) is 44.5 Å². The molecule has 13 aromatic rings. The molecule has 14 rings (SSSR count). The van der Waals surface area contributed by atoms with Gasteiger partial charge in [-0.1, -0.05) is 224 Å². The van der Waals surface area contributed by atoms with E-state index in [-0.39, 0.29) is 0 Å². The molecule has 0 bridgehead atoms. The zero-order valence-electron chi connectivity index (χ0n) is 44.0. The van der Waals surface area contributed by atoms with Gasteiger partial charge in [-0.3, -0.25) is 4.90 Å². The summed E-state index contributed by atoms with van der Waals surface area (Å²) >= 11 is 0. The Bertz CT molecular complexity index is 4280. The number of hydrogen-bond acceptors (Lipinski definition) is 10. The van der Waals surface area contributed by atoms with E-state index in [4.69, 9.17) is 34.9 Å². The molecule has 10 nitrogen and oxygen atoms in total. The molecule has 10 heteroatoms. The molecular formula is C72H46N10. The fraction of sp³-hybridized carbons (Fsp3) is 0. The van der Waals surface area contributed by atoms with Gasteiger partial charge in [0.25, 0.3) is 0 Å². The lowest BCUT2D eigenvalue weighted by Crippen LogP contribution is -2.26. The molecule has 0 N–H and O–H groups in total. The Labute approximate surface area is 474 Å². The van der Waals surface area contributed by atoms with Crippen LogP contribution in [0, 0.1) is 11.3 Å². The summed E-state index contributed by atoms with van der Waals surface area (Å²) in [4.78, 5) is 42.0. The van der Waals surface area contributed by atoms with Gasteiger partial charge in [-0.2, -0.15) is 15.2 Å². The summed E-state index contributed by atoms with van der Waals surface area (Å²) in [5.74, 6) is 2.61. The molecule has 0 amide bonds. The Morgan fingerprint density at radius 3 is 1.04 bits per heavy atom. The van der Waals surface area contributed by atoms with Crippen LogP contribution in [0.5, 0.6) is 0 Å². The topological polar surface area (TPSA) is 120 Å². The lowest BCUT2D eigenvalue weighted by molar-refractivity contribution is 1.01. The number of fused-ring (bicyclic) bond motifs is 2. The number of aromatic nitrogens is 7. The molecule has 0 spiro atoms. The normalized spacial score (nSPS) is 11.6. The molecule has 0 atom stereocenters. The summed E-state index contributed by atoms with van der Waals surface area (Å²) in [5, 5.41) is 10.3. The van der Waals surface area contributed by atoms with Gasteiger partial charge in [-0.25, -0.2) is 24.9 Å². The maximum Gasteiger partial charge on any atom is 0.238 e. The molecule has 0 unspecified atom stereocenters. The number of hydrogen-bond donors (Lipinski definition) is 0. The van der Waals surface area contributed by atoms with Gasteiger partial charge >= 0.3 is 0 Å². The number of nitrogens with zero attached hydrogens (tertiary/aromatic N) is 10. The molecule has 1 aliphatic rings. The minimum Gasteiger partial charge on any atom is -0.306 e. The first-order valence-electron chi connectivity index (χ1n) is 27.0. The molecule has 4 heterocycles. The van der Waals surface area contributed by atoms with Crippen LogP contribution in [0.15, 0.2) is 279 Å². The number of para-hydroxylation sites is 4. The highest BCUT2D eigenvalue weighted by Gasteiger charge is 2.35. The lowest BCUT2D eigenvalue weighted by atomic mass is 9.88. The van der Waals surface area contributed by atoms with Crippen molar-refractivity contribution in [2.24, 2.45) is 0 Å². The van der Waals surface area contributed by atoms with E-state index >= 15 is 0 Å². The van der Waals surface area contributed by atoms with Crippen molar-refractivity contribution in [2.75, 3.05) is 9.80 Å². The maximum atomic E-state index is 10.3. The third-order valence-electron chi connectivity index (χ3n) is 14.5. The molecule has 82 heavy (non-hydrogen) atoms. The second kappa shape index (κ2) is 21.4. The first-order valence-corrected chi connectivity index (χ1v) is 27.0.